The van der Waals surface area contributed by atoms with Crippen LogP contribution in [-0.2, 0) is 0 Å². The van der Waals surface area contributed by atoms with Crippen LogP contribution in [0.25, 0.3) is 0 Å². The first-order valence-corrected chi connectivity index (χ1v) is 5.70. The normalized spacial score (nSPS) is 22.7. The Morgan fingerprint density at radius 1 is 1.44 bits per heavy atom. The van der Waals surface area contributed by atoms with E-state index in [4.69, 9.17) is 4.74 Å². The van der Waals surface area contributed by atoms with Gasteiger partial charge >= 0.3 is 0 Å². The number of rotatable bonds is 4. The Labute approximate surface area is 103 Å². The third kappa shape index (κ3) is 2.48. The maximum atomic E-state index is 10.9. The van der Waals surface area contributed by atoms with Gasteiger partial charge in [-0.05, 0) is 25.3 Å². The molecular formula is C12H13NO5. The standard InChI is InChI=1S/C12H13NO5/c14-7-8-6-9(13(16)17)4-5-11(8)18-12-3-1-2-10(12)15/h4-7,10,12,15H,1-3H2. The van der Waals surface area contributed by atoms with E-state index in [9.17, 15) is 20.0 Å². The smallest absolute Gasteiger partial charge is 0.270 e. The fourth-order valence-electron chi connectivity index (χ4n) is 2.06. The first-order chi connectivity index (χ1) is 8.61. The van der Waals surface area contributed by atoms with Gasteiger partial charge in [-0.3, -0.25) is 14.9 Å². The summed E-state index contributed by atoms with van der Waals surface area (Å²) in [5, 5.41) is 20.2. The number of ether oxygens (including phenoxy) is 1. The average Bonchev–Trinajstić information content (AvgIpc) is 2.75. The monoisotopic (exact) mass is 251 g/mol. The number of nitrogens with zero attached hydrogens (tertiary/aromatic N) is 1. The van der Waals surface area contributed by atoms with Gasteiger partial charge in [-0.1, -0.05) is 0 Å². The molecule has 96 valence electrons. The highest BCUT2D eigenvalue weighted by Gasteiger charge is 2.27. The van der Waals surface area contributed by atoms with E-state index in [0.717, 1.165) is 12.8 Å². The molecular weight excluding hydrogens is 238 g/mol. The van der Waals surface area contributed by atoms with Gasteiger partial charge in [0.05, 0.1) is 16.6 Å². The Morgan fingerprint density at radius 3 is 2.78 bits per heavy atom. The number of non-ortho nitro benzene ring substituents is 1. The van der Waals surface area contributed by atoms with Crippen LogP contribution in [0.15, 0.2) is 18.2 Å². The van der Waals surface area contributed by atoms with Crippen molar-refractivity contribution in [1.82, 2.24) is 0 Å². The summed E-state index contributed by atoms with van der Waals surface area (Å²) in [5.74, 6) is 0.279. The number of hydrogen-bond acceptors (Lipinski definition) is 5. The van der Waals surface area contributed by atoms with E-state index < -0.39 is 11.0 Å². The van der Waals surface area contributed by atoms with Gasteiger partial charge in [0.15, 0.2) is 6.29 Å². The van der Waals surface area contributed by atoms with Crippen LogP contribution >= 0.6 is 0 Å². The summed E-state index contributed by atoms with van der Waals surface area (Å²) in [5.41, 5.74) is -0.0280. The number of hydrogen-bond donors (Lipinski definition) is 1. The number of carbonyl (C=O) groups excluding carboxylic acids is 1. The molecule has 2 rings (SSSR count). The Bertz CT molecular complexity index is 474. The number of carbonyl (C=O) groups is 1. The van der Waals surface area contributed by atoms with E-state index in [0.29, 0.717) is 12.7 Å². The summed E-state index contributed by atoms with van der Waals surface area (Å²) in [6.07, 6.45) is 1.90. The van der Waals surface area contributed by atoms with E-state index in [1.807, 2.05) is 0 Å². The average molecular weight is 251 g/mol. The second kappa shape index (κ2) is 5.14. The Hall–Kier alpha value is -1.95. The lowest BCUT2D eigenvalue weighted by Gasteiger charge is -2.17. The molecule has 0 radical (unpaired) electrons. The number of nitro benzene ring substituents is 1. The molecule has 6 nitrogen and oxygen atoms in total. The fraction of sp³-hybridized carbons (Fsp3) is 0.417. The lowest BCUT2D eigenvalue weighted by Crippen LogP contribution is -2.26. The highest BCUT2D eigenvalue weighted by Crippen LogP contribution is 2.28. The molecule has 1 aliphatic carbocycles. The van der Waals surface area contributed by atoms with Crippen LogP contribution in [0.2, 0.25) is 0 Å². The van der Waals surface area contributed by atoms with Gasteiger partial charge in [0.1, 0.15) is 11.9 Å². The molecule has 1 aromatic rings. The zero-order valence-electron chi connectivity index (χ0n) is 9.61. The first-order valence-electron chi connectivity index (χ1n) is 5.70. The van der Waals surface area contributed by atoms with Crippen molar-refractivity contribution in [3.63, 3.8) is 0 Å². The fourth-order valence-corrected chi connectivity index (χ4v) is 2.06. The molecule has 0 spiro atoms. The van der Waals surface area contributed by atoms with Gasteiger partial charge < -0.3 is 9.84 Å². The number of aliphatic hydroxyl groups excluding tert-OH is 1. The molecule has 1 fully saturated rings. The molecule has 2 atom stereocenters. The van der Waals surface area contributed by atoms with Gasteiger partial charge in [-0.25, -0.2) is 0 Å². The van der Waals surface area contributed by atoms with Crippen LogP contribution in [0.4, 0.5) is 5.69 Å². The topological polar surface area (TPSA) is 89.7 Å². The van der Waals surface area contributed by atoms with Crippen molar-refractivity contribution in [1.29, 1.82) is 0 Å². The minimum atomic E-state index is -0.568. The molecule has 2 unspecified atom stereocenters. The van der Waals surface area contributed by atoms with Crippen molar-refractivity contribution in [3.8, 4) is 5.75 Å². The van der Waals surface area contributed by atoms with Crippen LogP contribution in [0.3, 0.4) is 0 Å². The molecule has 0 amide bonds. The summed E-state index contributed by atoms with van der Waals surface area (Å²) < 4.78 is 5.54. The molecule has 0 saturated heterocycles. The van der Waals surface area contributed by atoms with Gasteiger partial charge in [0.25, 0.3) is 5.69 Å². The first kappa shape index (κ1) is 12.5. The minimum Gasteiger partial charge on any atom is -0.487 e. The third-order valence-electron chi connectivity index (χ3n) is 3.03. The number of nitro groups is 1. The van der Waals surface area contributed by atoms with Gasteiger partial charge in [-0.2, -0.15) is 0 Å². The molecule has 0 bridgehead atoms. The van der Waals surface area contributed by atoms with Gasteiger partial charge in [0.2, 0.25) is 0 Å². The molecule has 1 aliphatic rings. The van der Waals surface area contributed by atoms with Crippen molar-refractivity contribution in [2.45, 2.75) is 31.5 Å². The maximum Gasteiger partial charge on any atom is 0.270 e. The largest absolute Gasteiger partial charge is 0.487 e. The van der Waals surface area contributed by atoms with Gasteiger partial charge in [0, 0.05) is 12.1 Å². The third-order valence-corrected chi connectivity index (χ3v) is 3.03. The second-order valence-electron chi connectivity index (χ2n) is 4.25. The molecule has 6 heteroatoms. The van der Waals surface area contributed by atoms with Crippen molar-refractivity contribution in [2.24, 2.45) is 0 Å². The van der Waals surface area contributed by atoms with Crippen molar-refractivity contribution < 1.29 is 19.6 Å². The molecule has 18 heavy (non-hydrogen) atoms. The summed E-state index contributed by atoms with van der Waals surface area (Å²) in [4.78, 5) is 20.9. The molecule has 1 aromatic carbocycles. The van der Waals surface area contributed by atoms with Crippen LogP contribution < -0.4 is 4.74 Å². The van der Waals surface area contributed by atoms with Crippen molar-refractivity contribution in [2.75, 3.05) is 0 Å². The SMILES string of the molecule is O=Cc1cc([N+](=O)[O-])ccc1OC1CCCC1O. The van der Waals surface area contributed by atoms with Crippen molar-refractivity contribution in [3.05, 3.63) is 33.9 Å². The Kier molecular flexibility index (Phi) is 3.57. The quantitative estimate of drug-likeness (QED) is 0.499. The number of aldehydes is 1. The Morgan fingerprint density at radius 2 is 2.22 bits per heavy atom. The zero-order chi connectivity index (χ0) is 13.1. The molecule has 1 N–H and O–H groups in total. The predicted octanol–water partition coefficient (Wildman–Crippen LogP) is 1.70. The molecule has 0 aliphatic heterocycles. The van der Waals surface area contributed by atoms with Crippen LogP contribution in [0.5, 0.6) is 5.75 Å². The number of benzene rings is 1. The second-order valence-corrected chi connectivity index (χ2v) is 4.25. The summed E-state index contributed by atoms with van der Waals surface area (Å²) >= 11 is 0. The Balaban J connectivity index is 2.22. The summed E-state index contributed by atoms with van der Waals surface area (Å²) in [6.45, 7) is 0. The highest BCUT2D eigenvalue weighted by atomic mass is 16.6. The van der Waals surface area contributed by atoms with Crippen LogP contribution in [0.1, 0.15) is 29.6 Å². The van der Waals surface area contributed by atoms with E-state index in [2.05, 4.69) is 0 Å². The highest BCUT2D eigenvalue weighted by molar-refractivity contribution is 5.80. The van der Waals surface area contributed by atoms with Crippen LogP contribution in [-0.4, -0.2) is 28.5 Å². The lowest BCUT2D eigenvalue weighted by atomic mass is 10.2. The van der Waals surface area contributed by atoms with Gasteiger partial charge in [-0.15, -0.1) is 0 Å². The van der Waals surface area contributed by atoms with E-state index >= 15 is 0 Å². The molecule has 1 saturated carbocycles. The molecule has 0 aromatic heterocycles. The zero-order valence-corrected chi connectivity index (χ0v) is 9.61. The lowest BCUT2D eigenvalue weighted by molar-refractivity contribution is -0.384. The molecule has 0 heterocycles. The number of aliphatic hydroxyl groups is 1. The van der Waals surface area contributed by atoms with E-state index in [-0.39, 0.29) is 23.1 Å². The van der Waals surface area contributed by atoms with Crippen molar-refractivity contribution >= 4 is 12.0 Å². The predicted molar refractivity (Wildman–Crippen MR) is 62.8 cm³/mol. The maximum absolute atomic E-state index is 10.9. The van der Waals surface area contributed by atoms with Crippen LogP contribution in [0, 0.1) is 10.1 Å². The van der Waals surface area contributed by atoms with E-state index in [1.165, 1.54) is 18.2 Å². The minimum absolute atomic E-state index is 0.128. The summed E-state index contributed by atoms with van der Waals surface area (Å²) in [7, 11) is 0. The summed E-state index contributed by atoms with van der Waals surface area (Å²) in [6, 6.07) is 3.85. The van der Waals surface area contributed by atoms with E-state index in [1.54, 1.807) is 0 Å².